The summed E-state index contributed by atoms with van der Waals surface area (Å²) in [6, 6.07) is 0.287. The first kappa shape index (κ1) is 14.1. The van der Waals surface area contributed by atoms with E-state index in [4.69, 9.17) is 9.72 Å². The highest BCUT2D eigenvalue weighted by Gasteiger charge is 2.29. The lowest BCUT2D eigenvalue weighted by Crippen LogP contribution is -2.34. The summed E-state index contributed by atoms with van der Waals surface area (Å²) in [4.78, 5) is 11.6. The van der Waals surface area contributed by atoms with E-state index in [1.54, 1.807) is 7.11 Å². The van der Waals surface area contributed by atoms with Gasteiger partial charge in [0.1, 0.15) is 17.5 Å². The van der Waals surface area contributed by atoms with Crippen LogP contribution in [0.15, 0.2) is 0 Å². The van der Waals surface area contributed by atoms with Crippen LogP contribution in [0, 0.1) is 6.92 Å². The van der Waals surface area contributed by atoms with Gasteiger partial charge in [0.25, 0.3) is 0 Å². The van der Waals surface area contributed by atoms with Crippen LogP contribution in [0.2, 0.25) is 0 Å². The number of aromatic nitrogens is 2. The van der Waals surface area contributed by atoms with E-state index in [-0.39, 0.29) is 6.04 Å². The lowest BCUT2D eigenvalue weighted by molar-refractivity contribution is 0.183. The summed E-state index contributed by atoms with van der Waals surface area (Å²) in [6.07, 6.45) is 2.42. The molecular weight excluding hydrogens is 240 g/mol. The largest absolute Gasteiger partial charge is 0.383 e. The lowest BCUT2D eigenvalue weighted by Gasteiger charge is -2.27. The highest BCUT2D eigenvalue weighted by atomic mass is 16.5. The van der Waals surface area contributed by atoms with E-state index >= 15 is 0 Å². The van der Waals surface area contributed by atoms with Gasteiger partial charge in [0, 0.05) is 32.7 Å². The van der Waals surface area contributed by atoms with Crippen molar-refractivity contribution in [3.63, 3.8) is 0 Å². The molecule has 1 aromatic heterocycles. The van der Waals surface area contributed by atoms with Crippen LogP contribution in [0.4, 0.5) is 11.6 Å². The molecule has 5 heteroatoms. The molecule has 19 heavy (non-hydrogen) atoms. The van der Waals surface area contributed by atoms with Crippen molar-refractivity contribution in [2.75, 3.05) is 38.0 Å². The van der Waals surface area contributed by atoms with Crippen molar-refractivity contribution in [2.45, 2.75) is 38.6 Å². The van der Waals surface area contributed by atoms with Gasteiger partial charge in [-0.05, 0) is 26.7 Å². The third-order valence-corrected chi connectivity index (χ3v) is 3.72. The average Bonchev–Trinajstić information content (AvgIpc) is 3.23. The molecule has 0 aromatic carbocycles. The van der Waals surface area contributed by atoms with Crippen molar-refractivity contribution >= 4 is 11.6 Å². The molecule has 1 aliphatic carbocycles. The summed E-state index contributed by atoms with van der Waals surface area (Å²) < 4.78 is 5.23. The maximum atomic E-state index is 5.23. The second kappa shape index (κ2) is 5.74. The van der Waals surface area contributed by atoms with Gasteiger partial charge in [-0.15, -0.1) is 0 Å². The van der Waals surface area contributed by atoms with E-state index in [0.29, 0.717) is 12.5 Å². The minimum absolute atomic E-state index is 0.287. The van der Waals surface area contributed by atoms with Crippen LogP contribution in [0.1, 0.15) is 37.1 Å². The molecule has 5 nitrogen and oxygen atoms in total. The molecule has 1 fully saturated rings. The lowest BCUT2D eigenvalue weighted by atomic mass is 10.2. The topological polar surface area (TPSA) is 50.3 Å². The quantitative estimate of drug-likeness (QED) is 0.853. The Kier molecular flexibility index (Phi) is 4.24. The van der Waals surface area contributed by atoms with Crippen molar-refractivity contribution in [2.24, 2.45) is 0 Å². The Morgan fingerprint density at radius 1 is 1.42 bits per heavy atom. The smallest absolute Gasteiger partial charge is 0.137 e. The molecule has 1 unspecified atom stereocenters. The Labute approximate surface area is 115 Å². The molecule has 1 aromatic rings. The minimum atomic E-state index is 0.287. The van der Waals surface area contributed by atoms with Gasteiger partial charge in [-0.25, -0.2) is 9.97 Å². The third kappa shape index (κ3) is 2.97. The fourth-order valence-corrected chi connectivity index (χ4v) is 2.19. The van der Waals surface area contributed by atoms with E-state index in [2.05, 4.69) is 36.1 Å². The maximum absolute atomic E-state index is 5.23. The van der Waals surface area contributed by atoms with Crippen molar-refractivity contribution in [3.8, 4) is 0 Å². The standard InChI is InChI=1S/C14H24N4O/c1-9(8-19-5)18(4)14-10(2)12(15-3)16-13(17-14)11-6-7-11/h9,11H,6-8H2,1-5H3,(H,15,16,17). The second-order valence-corrected chi connectivity index (χ2v) is 5.32. The molecule has 0 radical (unpaired) electrons. The number of nitrogens with one attached hydrogen (secondary N) is 1. The molecule has 1 N–H and O–H groups in total. The molecule has 0 bridgehead atoms. The molecular formula is C14H24N4O. The molecule has 1 aliphatic rings. The van der Waals surface area contributed by atoms with Crippen LogP contribution in [0.3, 0.4) is 0 Å². The Morgan fingerprint density at radius 2 is 2.11 bits per heavy atom. The molecule has 106 valence electrons. The zero-order chi connectivity index (χ0) is 14.0. The molecule has 0 amide bonds. The highest BCUT2D eigenvalue weighted by Crippen LogP contribution is 2.40. The van der Waals surface area contributed by atoms with Gasteiger partial charge in [0.05, 0.1) is 12.6 Å². The Balaban J connectivity index is 2.34. The predicted molar refractivity (Wildman–Crippen MR) is 78.0 cm³/mol. The molecule has 0 spiro atoms. The number of hydrogen-bond acceptors (Lipinski definition) is 5. The van der Waals surface area contributed by atoms with Crippen LogP contribution in [0.25, 0.3) is 0 Å². The van der Waals surface area contributed by atoms with Gasteiger partial charge in [-0.3, -0.25) is 0 Å². The summed E-state index contributed by atoms with van der Waals surface area (Å²) >= 11 is 0. The van der Waals surface area contributed by atoms with Gasteiger partial charge < -0.3 is 15.0 Å². The fourth-order valence-electron chi connectivity index (χ4n) is 2.19. The zero-order valence-corrected chi connectivity index (χ0v) is 12.5. The molecule has 1 atom stereocenters. The normalized spacial score (nSPS) is 16.3. The molecule has 0 saturated heterocycles. The zero-order valence-electron chi connectivity index (χ0n) is 12.5. The van der Waals surface area contributed by atoms with Crippen molar-refractivity contribution < 1.29 is 4.74 Å². The number of anilines is 2. The summed E-state index contributed by atoms with van der Waals surface area (Å²) in [5.41, 5.74) is 1.09. The number of ether oxygens (including phenoxy) is 1. The summed E-state index contributed by atoms with van der Waals surface area (Å²) in [5.74, 6) is 3.47. The van der Waals surface area contributed by atoms with Crippen LogP contribution in [0.5, 0.6) is 0 Å². The number of nitrogens with zero attached hydrogens (tertiary/aromatic N) is 3. The van der Waals surface area contributed by atoms with E-state index in [1.165, 1.54) is 12.8 Å². The SMILES string of the molecule is CNc1nc(C2CC2)nc(N(C)C(C)COC)c1C. The Bertz CT molecular complexity index is 445. The third-order valence-electron chi connectivity index (χ3n) is 3.72. The first-order valence-corrected chi connectivity index (χ1v) is 6.86. The van der Waals surface area contributed by atoms with Gasteiger partial charge in [-0.1, -0.05) is 0 Å². The average molecular weight is 264 g/mol. The number of likely N-dealkylation sites (N-methyl/N-ethyl adjacent to an activating group) is 1. The fraction of sp³-hybridized carbons (Fsp3) is 0.714. The van der Waals surface area contributed by atoms with Crippen LogP contribution in [-0.2, 0) is 4.74 Å². The highest BCUT2D eigenvalue weighted by molar-refractivity contribution is 5.58. The number of hydrogen-bond donors (Lipinski definition) is 1. The summed E-state index contributed by atoms with van der Waals surface area (Å²) in [7, 11) is 5.70. The van der Waals surface area contributed by atoms with Gasteiger partial charge in [-0.2, -0.15) is 0 Å². The first-order valence-electron chi connectivity index (χ1n) is 6.86. The van der Waals surface area contributed by atoms with Crippen LogP contribution >= 0.6 is 0 Å². The van der Waals surface area contributed by atoms with Crippen molar-refractivity contribution in [1.29, 1.82) is 0 Å². The Morgan fingerprint density at radius 3 is 2.63 bits per heavy atom. The van der Waals surface area contributed by atoms with E-state index in [0.717, 1.165) is 23.0 Å². The summed E-state index contributed by atoms with van der Waals surface area (Å²) in [5, 5.41) is 3.18. The van der Waals surface area contributed by atoms with Gasteiger partial charge >= 0.3 is 0 Å². The Hall–Kier alpha value is -1.36. The maximum Gasteiger partial charge on any atom is 0.137 e. The van der Waals surface area contributed by atoms with E-state index in [1.807, 2.05) is 7.05 Å². The monoisotopic (exact) mass is 264 g/mol. The van der Waals surface area contributed by atoms with E-state index < -0.39 is 0 Å². The van der Waals surface area contributed by atoms with E-state index in [9.17, 15) is 0 Å². The number of methoxy groups -OCH3 is 1. The molecule has 2 rings (SSSR count). The molecule has 1 heterocycles. The van der Waals surface area contributed by atoms with Gasteiger partial charge in [0.2, 0.25) is 0 Å². The van der Waals surface area contributed by atoms with Crippen molar-refractivity contribution in [1.82, 2.24) is 9.97 Å². The van der Waals surface area contributed by atoms with Crippen LogP contribution < -0.4 is 10.2 Å². The van der Waals surface area contributed by atoms with Gasteiger partial charge in [0.15, 0.2) is 0 Å². The first-order chi connectivity index (χ1) is 9.08. The minimum Gasteiger partial charge on any atom is -0.383 e. The predicted octanol–water partition coefficient (Wildman–Crippen LogP) is 2.18. The summed E-state index contributed by atoms with van der Waals surface area (Å²) in [6.45, 7) is 4.89. The molecule has 1 saturated carbocycles. The van der Waals surface area contributed by atoms with Crippen molar-refractivity contribution in [3.05, 3.63) is 11.4 Å². The second-order valence-electron chi connectivity index (χ2n) is 5.32. The molecule has 0 aliphatic heterocycles. The number of rotatable bonds is 6. The van der Waals surface area contributed by atoms with Crippen LogP contribution in [-0.4, -0.2) is 43.8 Å².